The zero-order chi connectivity index (χ0) is 17.4. The summed E-state index contributed by atoms with van der Waals surface area (Å²) >= 11 is 5.98. The SMILES string of the molecule is CC(C)CCNC(=O)c1cncc(NCCc2cccc(Cl)c2)c1. The molecule has 2 N–H and O–H groups in total. The molecular formula is C19H24ClN3O. The van der Waals surface area contributed by atoms with Crippen LogP contribution in [0.3, 0.4) is 0 Å². The quantitative estimate of drug-likeness (QED) is 0.755. The van der Waals surface area contributed by atoms with Crippen LogP contribution in [-0.4, -0.2) is 24.0 Å². The molecule has 1 aromatic carbocycles. The second kappa shape index (κ2) is 9.28. The van der Waals surface area contributed by atoms with Gasteiger partial charge in [-0.25, -0.2) is 0 Å². The molecule has 0 aliphatic heterocycles. The summed E-state index contributed by atoms with van der Waals surface area (Å²) in [5.41, 5.74) is 2.59. The Labute approximate surface area is 148 Å². The molecule has 0 spiro atoms. The van der Waals surface area contributed by atoms with Crippen molar-refractivity contribution in [2.75, 3.05) is 18.4 Å². The fourth-order valence-corrected chi connectivity index (χ4v) is 2.49. The summed E-state index contributed by atoms with van der Waals surface area (Å²) in [5.74, 6) is 0.490. The van der Waals surface area contributed by atoms with Crippen LogP contribution in [-0.2, 0) is 6.42 Å². The van der Waals surface area contributed by atoms with E-state index in [4.69, 9.17) is 11.6 Å². The number of pyridine rings is 1. The third kappa shape index (κ3) is 6.20. The summed E-state index contributed by atoms with van der Waals surface area (Å²) < 4.78 is 0. The Balaban J connectivity index is 1.84. The van der Waals surface area contributed by atoms with Crippen LogP contribution in [0.5, 0.6) is 0 Å². The molecule has 0 saturated heterocycles. The molecule has 1 aromatic heterocycles. The van der Waals surface area contributed by atoms with Crippen molar-refractivity contribution in [3.63, 3.8) is 0 Å². The second-order valence-electron chi connectivity index (χ2n) is 6.21. The van der Waals surface area contributed by atoms with Gasteiger partial charge in [-0.2, -0.15) is 0 Å². The molecule has 0 fully saturated rings. The maximum Gasteiger partial charge on any atom is 0.252 e. The van der Waals surface area contributed by atoms with Crippen LogP contribution in [0.1, 0.15) is 36.2 Å². The van der Waals surface area contributed by atoms with Crippen LogP contribution in [0.25, 0.3) is 0 Å². The minimum Gasteiger partial charge on any atom is -0.383 e. The number of nitrogens with one attached hydrogen (secondary N) is 2. The molecule has 0 radical (unpaired) electrons. The zero-order valence-corrected chi connectivity index (χ0v) is 14.9. The van der Waals surface area contributed by atoms with Crippen LogP contribution in [0.2, 0.25) is 5.02 Å². The zero-order valence-electron chi connectivity index (χ0n) is 14.2. The van der Waals surface area contributed by atoms with Gasteiger partial charge in [-0.3, -0.25) is 9.78 Å². The van der Waals surface area contributed by atoms with Crippen molar-refractivity contribution in [1.29, 1.82) is 0 Å². The molecule has 2 aromatic rings. The van der Waals surface area contributed by atoms with Gasteiger partial charge in [-0.1, -0.05) is 37.6 Å². The van der Waals surface area contributed by atoms with E-state index in [9.17, 15) is 4.79 Å². The molecule has 24 heavy (non-hydrogen) atoms. The number of amides is 1. The predicted octanol–water partition coefficient (Wildman–Crippen LogP) is 4.17. The number of aromatic nitrogens is 1. The number of anilines is 1. The first kappa shape index (κ1) is 18.3. The Morgan fingerprint density at radius 2 is 2.04 bits per heavy atom. The number of benzene rings is 1. The van der Waals surface area contributed by atoms with Gasteiger partial charge < -0.3 is 10.6 Å². The lowest BCUT2D eigenvalue weighted by Gasteiger charge is -2.09. The van der Waals surface area contributed by atoms with E-state index in [0.29, 0.717) is 18.0 Å². The first-order valence-corrected chi connectivity index (χ1v) is 8.64. The lowest BCUT2D eigenvalue weighted by Crippen LogP contribution is -2.25. The van der Waals surface area contributed by atoms with E-state index in [-0.39, 0.29) is 5.91 Å². The molecule has 5 heteroatoms. The molecule has 1 amide bonds. The van der Waals surface area contributed by atoms with E-state index in [2.05, 4.69) is 29.5 Å². The predicted molar refractivity (Wildman–Crippen MR) is 99.7 cm³/mol. The van der Waals surface area contributed by atoms with E-state index in [1.807, 2.05) is 30.3 Å². The number of nitrogens with zero attached hydrogens (tertiary/aromatic N) is 1. The molecule has 0 aliphatic rings. The van der Waals surface area contributed by atoms with Crippen molar-refractivity contribution in [3.05, 3.63) is 58.9 Å². The molecule has 0 unspecified atom stereocenters. The van der Waals surface area contributed by atoms with Gasteiger partial charge in [0.25, 0.3) is 5.91 Å². The highest BCUT2D eigenvalue weighted by atomic mass is 35.5. The Morgan fingerprint density at radius 3 is 2.79 bits per heavy atom. The first-order chi connectivity index (χ1) is 11.5. The third-order valence-corrected chi connectivity index (χ3v) is 3.87. The Morgan fingerprint density at radius 1 is 1.21 bits per heavy atom. The fraction of sp³-hybridized carbons (Fsp3) is 0.368. The number of halogens is 1. The fourth-order valence-electron chi connectivity index (χ4n) is 2.28. The highest BCUT2D eigenvalue weighted by Crippen LogP contribution is 2.12. The van der Waals surface area contributed by atoms with E-state index >= 15 is 0 Å². The van der Waals surface area contributed by atoms with E-state index < -0.39 is 0 Å². The maximum atomic E-state index is 12.1. The van der Waals surface area contributed by atoms with Gasteiger partial charge >= 0.3 is 0 Å². The van der Waals surface area contributed by atoms with Crippen molar-refractivity contribution in [3.8, 4) is 0 Å². The van der Waals surface area contributed by atoms with Gasteiger partial charge in [0.05, 0.1) is 11.3 Å². The minimum absolute atomic E-state index is 0.0818. The molecule has 0 bridgehead atoms. The number of hydrogen-bond donors (Lipinski definition) is 2. The Hall–Kier alpha value is -2.07. The molecule has 4 nitrogen and oxygen atoms in total. The van der Waals surface area contributed by atoms with Crippen molar-refractivity contribution in [2.45, 2.75) is 26.7 Å². The average molecular weight is 346 g/mol. The largest absolute Gasteiger partial charge is 0.383 e. The molecule has 1 heterocycles. The van der Waals surface area contributed by atoms with Crippen molar-refractivity contribution in [2.24, 2.45) is 5.92 Å². The monoisotopic (exact) mass is 345 g/mol. The molecular weight excluding hydrogens is 322 g/mol. The minimum atomic E-state index is -0.0818. The summed E-state index contributed by atoms with van der Waals surface area (Å²) in [4.78, 5) is 16.3. The lowest BCUT2D eigenvalue weighted by atomic mass is 10.1. The smallest absolute Gasteiger partial charge is 0.252 e. The highest BCUT2D eigenvalue weighted by molar-refractivity contribution is 6.30. The van der Waals surface area contributed by atoms with Crippen LogP contribution >= 0.6 is 11.6 Å². The highest BCUT2D eigenvalue weighted by Gasteiger charge is 2.07. The third-order valence-electron chi connectivity index (χ3n) is 3.64. The van der Waals surface area contributed by atoms with Gasteiger partial charge in [0.2, 0.25) is 0 Å². The van der Waals surface area contributed by atoms with Gasteiger partial charge in [0.15, 0.2) is 0 Å². The van der Waals surface area contributed by atoms with E-state index in [1.165, 1.54) is 5.56 Å². The van der Waals surface area contributed by atoms with E-state index in [0.717, 1.165) is 30.1 Å². The number of rotatable bonds is 8. The Kier molecular flexibility index (Phi) is 7.07. The van der Waals surface area contributed by atoms with Crippen molar-refractivity contribution in [1.82, 2.24) is 10.3 Å². The molecule has 0 atom stereocenters. The average Bonchev–Trinajstić information content (AvgIpc) is 2.55. The normalized spacial score (nSPS) is 10.7. The lowest BCUT2D eigenvalue weighted by molar-refractivity contribution is 0.0951. The molecule has 128 valence electrons. The van der Waals surface area contributed by atoms with E-state index in [1.54, 1.807) is 12.4 Å². The van der Waals surface area contributed by atoms with Gasteiger partial charge in [-0.05, 0) is 42.5 Å². The standard InChI is InChI=1S/C19H24ClN3O/c1-14(2)6-8-23-19(24)16-11-18(13-21-12-16)22-9-7-15-4-3-5-17(20)10-15/h3-5,10-14,22H,6-9H2,1-2H3,(H,23,24). The van der Waals surface area contributed by atoms with Crippen molar-refractivity contribution < 1.29 is 4.79 Å². The molecule has 0 saturated carbocycles. The first-order valence-electron chi connectivity index (χ1n) is 8.26. The number of carbonyl (C=O) groups excluding carboxylic acids is 1. The summed E-state index contributed by atoms with van der Waals surface area (Å²) in [5, 5.41) is 6.97. The van der Waals surface area contributed by atoms with Crippen LogP contribution in [0, 0.1) is 5.92 Å². The summed E-state index contributed by atoms with van der Waals surface area (Å²) in [6.07, 6.45) is 5.14. The van der Waals surface area contributed by atoms with Crippen molar-refractivity contribution >= 4 is 23.2 Å². The second-order valence-corrected chi connectivity index (χ2v) is 6.64. The van der Waals surface area contributed by atoms with Gasteiger partial charge in [-0.15, -0.1) is 0 Å². The van der Waals surface area contributed by atoms with Gasteiger partial charge in [0.1, 0.15) is 0 Å². The number of hydrogen-bond acceptors (Lipinski definition) is 3. The van der Waals surface area contributed by atoms with Crippen LogP contribution in [0.15, 0.2) is 42.7 Å². The van der Waals surface area contributed by atoms with Crippen LogP contribution < -0.4 is 10.6 Å². The summed E-state index contributed by atoms with van der Waals surface area (Å²) in [7, 11) is 0. The summed E-state index contributed by atoms with van der Waals surface area (Å²) in [6.45, 7) is 5.71. The molecule has 0 aliphatic carbocycles. The van der Waals surface area contributed by atoms with Gasteiger partial charge in [0, 0.05) is 30.5 Å². The summed E-state index contributed by atoms with van der Waals surface area (Å²) in [6, 6.07) is 9.64. The topological polar surface area (TPSA) is 54.0 Å². The maximum absolute atomic E-state index is 12.1. The number of carbonyl (C=O) groups is 1. The van der Waals surface area contributed by atoms with Crippen LogP contribution in [0.4, 0.5) is 5.69 Å². The molecule has 2 rings (SSSR count). The Bertz CT molecular complexity index is 673.